The van der Waals surface area contributed by atoms with Gasteiger partial charge in [-0.2, -0.15) is 15.0 Å². The van der Waals surface area contributed by atoms with Gasteiger partial charge in [0.2, 0.25) is 11.2 Å². The van der Waals surface area contributed by atoms with E-state index >= 15 is 0 Å². The molecule has 0 radical (unpaired) electrons. The van der Waals surface area contributed by atoms with E-state index in [2.05, 4.69) is 27.2 Å². The number of halogens is 1. The molecule has 21 heavy (non-hydrogen) atoms. The first-order valence-corrected chi connectivity index (χ1v) is 7.77. The topological polar surface area (TPSA) is 80.2 Å². The summed E-state index contributed by atoms with van der Waals surface area (Å²) in [7, 11) is 0. The number of anilines is 1. The number of hydrogen-bond donors (Lipinski definition) is 2. The Morgan fingerprint density at radius 1 is 1.33 bits per heavy atom. The minimum absolute atomic E-state index is 0.0429. The number of nitrogens with zero attached hydrogens (tertiary/aromatic N) is 3. The van der Waals surface area contributed by atoms with Crippen molar-refractivity contribution in [1.82, 2.24) is 15.0 Å². The smallest absolute Gasteiger partial charge is 0.322 e. The van der Waals surface area contributed by atoms with Crippen molar-refractivity contribution in [2.24, 2.45) is 5.92 Å². The second-order valence-corrected chi connectivity index (χ2v) is 6.46. The van der Waals surface area contributed by atoms with Gasteiger partial charge >= 0.3 is 6.01 Å². The van der Waals surface area contributed by atoms with E-state index in [1.807, 2.05) is 13.8 Å². The van der Waals surface area contributed by atoms with Gasteiger partial charge in [0.05, 0.1) is 18.2 Å². The molecule has 0 aromatic carbocycles. The van der Waals surface area contributed by atoms with Gasteiger partial charge in [-0.15, -0.1) is 0 Å². The summed E-state index contributed by atoms with van der Waals surface area (Å²) in [6.07, 6.45) is 3.87. The monoisotopic (exact) mass is 314 g/mol. The fourth-order valence-corrected chi connectivity index (χ4v) is 2.68. The fourth-order valence-electron chi connectivity index (χ4n) is 2.53. The van der Waals surface area contributed by atoms with E-state index in [1.54, 1.807) is 0 Å². The van der Waals surface area contributed by atoms with Gasteiger partial charge in [0.1, 0.15) is 0 Å². The molecule has 1 aliphatic carbocycles. The lowest BCUT2D eigenvalue weighted by Crippen LogP contribution is -2.45. The molecule has 0 atom stereocenters. The number of nitrogens with one attached hydrogen (secondary N) is 1. The summed E-state index contributed by atoms with van der Waals surface area (Å²) in [5, 5.41) is 13.1. The van der Waals surface area contributed by atoms with E-state index in [9.17, 15) is 5.11 Å². The van der Waals surface area contributed by atoms with Crippen LogP contribution in [0.2, 0.25) is 5.28 Å². The molecule has 1 aromatic rings. The van der Waals surface area contributed by atoms with Crippen molar-refractivity contribution in [3.8, 4) is 6.01 Å². The number of rotatable bonds is 5. The molecule has 118 valence electrons. The van der Waals surface area contributed by atoms with Crippen molar-refractivity contribution in [1.29, 1.82) is 0 Å². The number of aliphatic hydroxyl groups excluding tert-OH is 1. The first-order valence-electron chi connectivity index (χ1n) is 7.40. The predicted octanol–water partition coefficient (Wildman–Crippen LogP) is 2.67. The zero-order chi connectivity index (χ0) is 15.5. The summed E-state index contributed by atoms with van der Waals surface area (Å²) in [4.78, 5) is 12.3. The van der Waals surface area contributed by atoms with Crippen LogP contribution < -0.4 is 10.1 Å². The summed E-state index contributed by atoms with van der Waals surface area (Å²) >= 11 is 5.92. The summed E-state index contributed by atoms with van der Waals surface area (Å²) < 4.78 is 5.46. The Bertz CT molecular complexity index is 476. The van der Waals surface area contributed by atoms with Crippen LogP contribution in [0.1, 0.15) is 46.5 Å². The molecule has 7 heteroatoms. The Morgan fingerprint density at radius 2 is 2.00 bits per heavy atom. The van der Waals surface area contributed by atoms with Crippen molar-refractivity contribution in [3.63, 3.8) is 0 Å². The van der Waals surface area contributed by atoms with E-state index in [4.69, 9.17) is 16.3 Å². The van der Waals surface area contributed by atoms with Crippen LogP contribution >= 0.6 is 11.6 Å². The highest BCUT2D eigenvalue weighted by molar-refractivity contribution is 6.28. The quantitative estimate of drug-likeness (QED) is 0.869. The molecule has 0 unspecified atom stereocenters. The lowest BCUT2D eigenvalue weighted by molar-refractivity contribution is 0.154. The highest BCUT2D eigenvalue weighted by Gasteiger charge is 2.34. The molecular weight excluding hydrogens is 292 g/mol. The number of aliphatic hydroxyl groups is 1. The lowest BCUT2D eigenvalue weighted by Gasteiger charge is -2.38. The van der Waals surface area contributed by atoms with Gasteiger partial charge in [-0.1, -0.05) is 6.92 Å². The molecule has 6 nitrogen and oxygen atoms in total. The Hall–Kier alpha value is -1.14. The van der Waals surface area contributed by atoms with E-state index < -0.39 is 0 Å². The average molecular weight is 315 g/mol. The first kappa shape index (κ1) is 16.2. The minimum atomic E-state index is -0.383. The van der Waals surface area contributed by atoms with Gasteiger partial charge in [-0.05, 0) is 57.0 Å². The second-order valence-electron chi connectivity index (χ2n) is 6.12. The normalized spacial score (nSPS) is 25.9. The van der Waals surface area contributed by atoms with Gasteiger partial charge in [0.15, 0.2) is 0 Å². The maximum Gasteiger partial charge on any atom is 0.322 e. The number of ether oxygens (including phenoxy) is 1. The molecule has 0 spiro atoms. The van der Waals surface area contributed by atoms with Crippen LogP contribution in [-0.2, 0) is 0 Å². The third-order valence-corrected chi connectivity index (χ3v) is 4.01. The molecular formula is C14H23ClN4O2. The predicted molar refractivity (Wildman–Crippen MR) is 81.7 cm³/mol. The van der Waals surface area contributed by atoms with Crippen LogP contribution in [0.3, 0.4) is 0 Å². The number of hydrogen-bond acceptors (Lipinski definition) is 6. The highest BCUT2D eigenvalue weighted by Crippen LogP contribution is 2.34. The summed E-state index contributed by atoms with van der Waals surface area (Å²) in [6, 6.07) is 0.199. The third-order valence-electron chi connectivity index (χ3n) is 3.84. The molecule has 1 saturated carbocycles. The summed E-state index contributed by atoms with van der Waals surface area (Å²) in [5.41, 5.74) is -0.383. The fraction of sp³-hybridized carbons (Fsp3) is 0.786. The maximum absolute atomic E-state index is 9.78. The van der Waals surface area contributed by atoms with E-state index in [1.165, 1.54) is 0 Å². The van der Waals surface area contributed by atoms with E-state index in [0.29, 0.717) is 11.9 Å². The highest BCUT2D eigenvalue weighted by atomic mass is 35.5. The van der Waals surface area contributed by atoms with Crippen LogP contribution in [0, 0.1) is 5.92 Å². The summed E-state index contributed by atoms with van der Waals surface area (Å²) in [5.74, 6) is 1.04. The van der Waals surface area contributed by atoms with Crippen LogP contribution in [0.15, 0.2) is 0 Å². The van der Waals surface area contributed by atoms with E-state index in [0.717, 1.165) is 25.7 Å². The van der Waals surface area contributed by atoms with Gasteiger partial charge < -0.3 is 15.2 Å². The molecule has 1 fully saturated rings. The molecule has 1 heterocycles. The third kappa shape index (κ3) is 4.41. The Morgan fingerprint density at radius 3 is 2.57 bits per heavy atom. The van der Waals surface area contributed by atoms with Crippen LogP contribution in [0.5, 0.6) is 6.01 Å². The van der Waals surface area contributed by atoms with Crippen LogP contribution in [0.25, 0.3) is 0 Å². The molecule has 0 aliphatic heterocycles. The van der Waals surface area contributed by atoms with Gasteiger partial charge in [0, 0.05) is 0 Å². The largest absolute Gasteiger partial charge is 0.461 e. The second kappa shape index (κ2) is 6.75. The number of aromatic nitrogens is 3. The van der Waals surface area contributed by atoms with E-state index in [-0.39, 0.29) is 29.5 Å². The Kier molecular flexibility index (Phi) is 5.22. The average Bonchev–Trinajstić information content (AvgIpc) is 2.40. The SMILES string of the molecule is CC1CCC(CO)(Nc2nc(Cl)nc(OC(C)C)n2)CC1. The van der Waals surface area contributed by atoms with Crippen molar-refractivity contribution in [2.45, 2.75) is 58.1 Å². The molecule has 1 aliphatic rings. The zero-order valence-electron chi connectivity index (χ0n) is 12.8. The molecule has 0 bridgehead atoms. The lowest BCUT2D eigenvalue weighted by atomic mass is 9.77. The van der Waals surface area contributed by atoms with Crippen LogP contribution in [0.4, 0.5) is 5.95 Å². The molecule has 2 N–H and O–H groups in total. The van der Waals surface area contributed by atoms with Crippen molar-refractivity contribution < 1.29 is 9.84 Å². The molecule has 0 saturated heterocycles. The Balaban J connectivity index is 2.15. The Labute approximate surface area is 130 Å². The zero-order valence-corrected chi connectivity index (χ0v) is 13.5. The van der Waals surface area contributed by atoms with Crippen molar-refractivity contribution >= 4 is 17.5 Å². The molecule has 1 aromatic heterocycles. The van der Waals surface area contributed by atoms with Crippen molar-refractivity contribution in [3.05, 3.63) is 5.28 Å². The van der Waals surface area contributed by atoms with Gasteiger partial charge in [0.25, 0.3) is 0 Å². The molecule has 2 rings (SSSR count). The molecule has 0 amide bonds. The van der Waals surface area contributed by atoms with Gasteiger partial charge in [-0.25, -0.2) is 0 Å². The van der Waals surface area contributed by atoms with Crippen LogP contribution in [-0.4, -0.2) is 38.3 Å². The van der Waals surface area contributed by atoms with Gasteiger partial charge in [-0.3, -0.25) is 0 Å². The standard InChI is InChI=1S/C14H23ClN4O2/c1-9(2)21-13-17-11(15)16-12(18-13)19-14(8-20)6-4-10(3)5-7-14/h9-10,20H,4-8H2,1-3H3,(H,16,17,18,19). The van der Waals surface area contributed by atoms with Crippen molar-refractivity contribution in [2.75, 3.05) is 11.9 Å². The first-order chi connectivity index (χ1) is 9.92. The maximum atomic E-state index is 9.78. The summed E-state index contributed by atoms with van der Waals surface area (Å²) in [6.45, 7) is 6.06. The minimum Gasteiger partial charge on any atom is -0.461 e.